The molecule has 0 saturated carbocycles. The van der Waals surface area contributed by atoms with Gasteiger partial charge in [0, 0.05) is 0 Å². The van der Waals surface area contributed by atoms with Crippen LogP contribution in [0.4, 0.5) is 0 Å². The van der Waals surface area contributed by atoms with Crippen LogP contribution in [0.3, 0.4) is 0 Å². The third-order valence-electron chi connectivity index (χ3n) is 2.13. The number of rotatable bonds is 6. The van der Waals surface area contributed by atoms with Crippen LogP contribution in [0.25, 0.3) is 0 Å². The summed E-state index contributed by atoms with van der Waals surface area (Å²) >= 11 is 2.09. The lowest BCUT2D eigenvalue weighted by Crippen LogP contribution is -2.00. The average Bonchev–Trinajstić information content (AvgIpc) is 1.98. The van der Waals surface area contributed by atoms with E-state index in [-0.39, 0.29) is 0 Å². The smallest absolute Gasteiger partial charge is 0.000968 e. The molecule has 0 aliphatic heterocycles. The van der Waals surface area contributed by atoms with Crippen LogP contribution in [0.2, 0.25) is 0 Å². The van der Waals surface area contributed by atoms with Crippen LogP contribution in [-0.4, -0.2) is 11.0 Å². The van der Waals surface area contributed by atoms with Crippen molar-refractivity contribution in [2.75, 3.05) is 5.75 Å². The van der Waals surface area contributed by atoms with Crippen LogP contribution in [0.15, 0.2) is 0 Å². The number of thioether (sulfide) groups is 1. The number of hydrogen-bond acceptors (Lipinski definition) is 1. The highest BCUT2D eigenvalue weighted by Crippen LogP contribution is 2.18. The molecule has 68 valence electrons. The van der Waals surface area contributed by atoms with Crippen molar-refractivity contribution in [1.29, 1.82) is 0 Å². The molecule has 0 unspecified atom stereocenters. The van der Waals surface area contributed by atoms with Crippen molar-refractivity contribution in [1.82, 2.24) is 0 Å². The predicted octanol–water partition coefficient (Wildman–Crippen LogP) is 3.95. The monoisotopic (exact) mass is 174 g/mol. The van der Waals surface area contributed by atoms with Gasteiger partial charge in [-0.25, -0.2) is 0 Å². The van der Waals surface area contributed by atoms with Crippen molar-refractivity contribution >= 4 is 11.8 Å². The van der Waals surface area contributed by atoms with Gasteiger partial charge in [0.2, 0.25) is 0 Å². The maximum atomic E-state index is 2.30. The number of hydrogen-bond donors (Lipinski definition) is 0. The van der Waals surface area contributed by atoms with Gasteiger partial charge in [-0.1, -0.05) is 40.5 Å². The molecule has 0 aromatic carbocycles. The zero-order chi connectivity index (χ0) is 8.69. The van der Waals surface area contributed by atoms with Gasteiger partial charge >= 0.3 is 0 Å². The van der Waals surface area contributed by atoms with Crippen LogP contribution in [-0.2, 0) is 0 Å². The molecule has 0 amide bonds. The van der Waals surface area contributed by atoms with Gasteiger partial charge in [-0.05, 0) is 23.3 Å². The van der Waals surface area contributed by atoms with Crippen molar-refractivity contribution in [3.63, 3.8) is 0 Å². The van der Waals surface area contributed by atoms with Crippen LogP contribution in [0.5, 0.6) is 0 Å². The molecule has 0 spiro atoms. The molecule has 0 saturated heterocycles. The van der Waals surface area contributed by atoms with Crippen molar-refractivity contribution in [3.05, 3.63) is 0 Å². The molecule has 0 bridgehead atoms. The van der Waals surface area contributed by atoms with Crippen LogP contribution in [0.1, 0.15) is 47.0 Å². The molecule has 0 aromatic heterocycles. The van der Waals surface area contributed by atoms with Crippen molar-refractivity contribution < 1.29 is 0 Å². The highest BCUT2D eigenvalue weighted by molar-refractivity contribution is 7.99. The Labute approximate surface area is 76.1 Å². The molecular weight excluding hydrogens is 152 g/mol. The summed E-state index contributed by atoms with van der Waals surface area (Å²) in [7, 11) is 0. The topological polar surface area (TPSA) is 0 Å². The summed E-state index contributed by atoms with van der Waals surface area (Å²) < 4.78 is 0. The second kappa shape index (κ2) is 7.02. The van der Waals surface area contributed by atoms with E-state index in [0.717, 1.165) is 11.2 Å². The zero-order valence-electron chi connectivity index (χ0n) is 8.39. The fourth-order valence-electron chi connectivity index (χ4n) is 1.17. The minimum absolute atomic E-state index is 0.810. The molecule has 0 fully saturated rings. The van der Waals surface area contributed by atoms with Crippen LogP contribution >= 0.6 is 11.8 Å². The minimum Gasteiger partial charge on any atom is -0.159 e. The Hall–Kier alpha value is 0.350. The molecule has 0 heterocycles. The van der Waals surface area contributed by atoms with Gasteiger partial charge in [-0.3, -0.25) is 0 Å². The summed E-state index contributed by atoms with van der Waals surface area (Å²) in [6.45, 7) is 9.15. The SMILES string of the molecule is CCC(CC)CCSC(C)C. The van der Waals surface area contributed by atoms with Gasteiger partial charge in [-0.2, -0.15) is 11.8 Å². The van der Waals surface area contributed by atoms with E-state index < -0.39 is 0 Å². The first-order chi connectivity index (χ1) is 5.20. The van der Waals surface area contributed by atoms with Crippen molar-refractivity contribution in [3.8, 4) is 0 Å². The summed E-state index contributed by atoms with van der Waals surface area (Å²) in [5, 5.41) is 0.810. The van der Waals surface area contributed by atoms with E-state index in [1.165, 1.54) is 25.0 Å². The molecule has 0 atom stereocenters. The lowest BCUT2D eigenvalue weighted by molar-refractivity contribution is 0.481. The minimum atomic E-state index is 0.810. The zero-order valence-corrected chi connectivity index (χ0v) is 9.21. The van der Waals surface area contributed by atoms with Gasteiger partial charge in [-0.15, -0.1) is 0 Å². The quantitative estimate of drug-likeness (QED) is 0.587. The summed E-state index contributed by atoms with van der Waals surface area (Å²) in [6, 6.07) is 0. The van der Waals surface area contributed by atoms with Gasteiger partial charge in [0.25, 0.3) is 0 Å². The maximum Gasteiger partial charge on any atom is -0.000968 e. The summed E-state index contributed by atoms with van der Waals surface area (Å²) in [5.74, 6) is 2.32. The standard InChI is InChI=1S/C10H22S/c1-5-10(6-2)7-8-11-9(3)4/h9-10H,5-8H2,1-4H3. The normalized spacial score (nSPS) is 11.5. The fourth-order valence-corrected chi connectivity index (χ4v) is 2.11. The van der Waals surface area contributed by atoms with Crippen molar-refractivity contribution in [2.24, 2.45) is 5.92 Å². The second-order valence-electron chi connectivity index (χ2n) is 3.39. The van der Waals surface area contributed by atoms with Gasteiger partial charge < -0.3 is 0 Å². The Morgan fingerprint density at radius 3 is 2.00 bits per heavy atom. The lowest BCUT2D eigenvalue weighted by atomic mass is 10.0. The molecule has 1 heteroatoms. The largest absolute Gasteiger partial charge is 0.159 e. The van der Waals surface area contributed by atoms with E-state index in [1.54, 1.807) is 0 Å². The Balaban J connectivity index is 3.21. The highest BCUT2D eigenvalue weighted by atomic mass is 32.2. The maximum absolute atomic E-state index is 2.30. The Kier molecular flexibility index (Phi) is 7.25. The molecule has 0 radical (unpaired) electrons. The first-order valence-corrected chi connectivity index (χ1v) is 5.87. The third-order valence-corrected chi connectivity index (χ3v) is 3.27. The lowest BCUT2D eigenvalue weighted by Gasteiger charge is -2.12. The Bertz CT molecular complexity index is 74.9. The van der Waals surface area contributed by atoms with E-state index in [1.807, 2.05) is 0 Å². The first kappa shape index (κ1) is 11.4. The van der Waals surface area contributed by atoms with Crippen LogP contribution in [0, 0.1) is 5.92 Å². The van der Waals surface area contributed by atoms with Gasteiger partial charge in [0.05, 0.1) is 0 Å². The molecule has 0 aliphatic rings. The fraction of sp³-hybridized carbons (Fsp3) is 1.00. The molecule has 0 rings (SSSR count). The first-order valence-electron chi connectivity index (χ1n) is 4.82. The van der Waals surface area contributed by atoms with E-state index in [4.69, 9.17) is 0 Å². The second-order valence-corrected chi connectivity index (χ2v) is 5.08. The van der Waals surface area contributed by atoms with Crippen molar-refractivity contribution in [2.45, 2.75) is 52.2 Å². The van der Waals surface area contributed by atoms with Gasteiger partial charge in [0.1, 0.15) is 0 Å². The Morgan fingerprint density at radius 1 is 1.09 bits per heavy atom. The summed E-state index contributed by atoms with van der Waals surface area (Å²) in [5.41, 5.74) is 0. The highest BCUT2D eigenvalue weighted by Gasteiger charge is 2.03. The summed E-state index contributed by atoms with van der Waals surface area (Å²) in [4.78, 5) is 0. The van der Waals surface area contributed by atoms with E-state index in [0.29, 0.717) is 0 Å². The van der Waals surface area contributed by atoms with E-state index in [9.17, 15) is 0 Å². The van der Waals surface area contributed by atoms with E-state index in [2.05, 4.69) is 39.5 Å². The Morgan fingerprint density at radius 2 is 1.64 bits per heavy atom. The van der Waals surface area contributed by atoms with Gasteiger partial charge in [0.15, 0.2) is 0 Å². The van der Waals surface area contributed by atoms with Crippen LogP contribution < -0.4 is 0 Å². The molecule has 0 aromatic rings. The molecular formula is C10H22S. The third kappa shape index (κ3) is 6.74. The predicted molar refractivity (Wildman–Crippen MR) is 56.3 cm³/mol. The average molecular weight is 174 g/mol. The molecule has 0 N–H and O–H groups in total. The molecule has 0 nitrogen and oxygen atoms in total. The summed E-state index contributed by atoms with van der Waals surface area (Å²) in [6.07, 6.45) is 4.13. The molecule has 11 heavy (non-hydrogen) atoms. The molecule has 0 aliphatic carbocycles. The van der Waals surface area contributed by atoms with E-state index >= 15 is 0 Å².